The monoisotopic (exact) mass is 372 g/mol. The summed E-state index contributed by atoms with van der Waals surface area (Å²) in [5.74, 6) is 1.70. The van der Waals surface area contributed by atoms with Crippen LogP contribution in [0, 0.1) is 6.92 Å². The SMILES string of the molecule is C=CCSc1nnc(NC(=O)Cc2nc(-c3ccccc3)oc2C)s1. The van der Waals surface area contributed by atoms with Gasteiger partial charge in [0, 0.05) is 11.3 Å². The fraction of sp³-hybridized carbons (Fsp3) is 0.176. The number of oxazole rings is 1. The van der Waals surface area contributed by atoms with Crippen LogP contribution in [0.2, 0.25) is 0 Å². The van der Waals surface area contributed by atoms with Crippen molar-refractivity contribution in [3.05, 3.63) is 54.4 Å². The number of aromatic nitrogens is 3. The van der Waals surface area contributed by atoms with Crippen molar-refractivity contribution in [1.82, 2.24) is 15.2 Å². The second kappa shape index (κ2) is 8.09. The zero-order valence-corrected chi connectivity index (χ0v) is 15.2. The van der Waals surface area contributed by atoms with Gasteiger partial charge in [-0.2, -0.15) is 0 Å². The number of carbonyl (C=O) groups excluding carboxylic acids is 1. The van der Waals surface area contributed by atoms with Gasteiger partial charge in [-0.05, 0) is 19.1 Å². The van der Waals surface area contributed by atoms with Crippen LogP contribution in [0.3, 0.4) is 0 Å². The number of amides is 1. The third-order valence-electron chi connectivity index (χ3n) is 3.22. The average molecular weight is 372 g/mol. The summed E-state index contributed by atoms with van der Waals surface area (Å²) in [5.41, 5.74) is 1.49. The first-order valence-electron chi connectivity index (χ1n) is 7.54. The van der Waals surface area contributed by atoms with E-state index in [1.807, 2.05) is 30.3 Å². The molecule has 0 aliphatic heterocycles. The molecule has 1 aromatic carbocycles. The first-order chi connectivity index (χ1) is 12.2. The third kappa shape index (κ3) is 4.55. The molecule has 6 nitrogen and oxygen atoms in total. The minimum atomic E-state index is -0.201. The lowest BCUT2D eigenvalue weighted by atomic mass is 10.2. The van der Waals surface area contributed by atoms with E-state index in [9.17, 15) is 4.79 Å². The van der Waals surface area contributed by atoms with Gasteiger partial charge >= 0.3 is 0 Å². The number of anilines is 1. The smallest absolute Gasteiger partial charge is 0.232 e. The van der Waals surface area contributed by atoms with Gasteiger partial charge in [0.25, 0.3) is 0 Å². The Hall–Kier alpha value is -2.45. The summed E-state index contributed by atoms with van der Waals surface area (Å²) in [6.45, 7) is 5.46. The summed E-state index contributed by atoms with van der Waals surface area (Å²) in [6, 6.07) is 9.59. The molecule has 8 heteroatoms. The van der Waals surface area contributed by atoms with E-state index in [0.29, 0.717) is 22.5 Å². The lowest BCUT2D eigenvalue weighted by Crippen LogP contribution is -2.15. The predicted octanol–water partition coefficient (Wildman–Crippen LogP) is 3.96. The van der Waals surface area contributed by atoms with Gasteiger partial charge in [-0.15, -0.1) is 16.8 Å². The van der Waals surface area contributed by atoms with Gasteiger partial charge in [0.05, 0.1) is 12.1 Å². The van der Waals surface area contributed by atoms with Gasteiger partial charge in [-0.1, -0.05) is 47.4 Å². The summed E-state index contributed by atoms with van der Waals surface area (Å²) in [4.78, 5) is 16.7. The van der Waals surface area contributed by atoms with Crippen LogP contribution in [0.4, 0.5) is 5.13 Å². The Labute approximate surface area is 153 Å². The zero-order chi connectivity index (χ0) is 17.6. The first-order valence-corrected chi connectivity index (χ1v) is 9.34. The molecule has 0 atom stereocenters. The van der Waals surface area contributed by atoms with Crippen LogP contribution in [0.1, 0.15) is 11.5 Å². The molecule has 2 heterocycles. The van der Waals surface area contributed by atoms with Gasteiger partial charge in [0.1, 0.15) is 5.76 Å². The van der Waals surface area contributed by atoms with E-state index in [4.69, 9.17) is 4.42 Å². The summed E-state index contributed by atoms with van der Waals surface area (Å²) in [7, 11) is 0. The molecule has 0 spiro atoms. The Morgan fingerprint density at radius 3 is 2.92 bits per heavy atom. The van der Waals surface area contributed by atoms with Crippen LogP contribution >= 0.6 is 23.1 Å². The van der Waals surface area contributed by atoms with E-state index in [1.54, 1.807) is 13.0 Å². The van der Waals surface area contributed by atoms with Crippen LogP contribution in [0.5, 0.6) is 0 Å². The summed E-state index contributed by atoms with van der Waals surface area (Å²) >= 11 is 2.86. The van der Waals surface area contributed by atoms with Gasteiger partial charge in [0.2, 0.25) is 16.9 Å². The Morgan fingerprint density at radius 1 is 1.36 bits per heavy atom. The largest absolute Gasteiger partial charge is 0.441 e. The molecule has 25 heavy (non-hydrogen) atoms. The Bertz CT molecular complexity index is 874. The molecule has 0 saturated heterocycles. The minimum Gasteiger partial charge on any atom is -0.441 e. The van der Waals surface area contributed by atoms with Crippen molar-refractivity contribution in [2.24, 2.45) is 0 Å². The van der Waals surface area contributed by atoms with Gasteiger partial charge in [0.15, 0.2) is 4.34 Å². The molecule has 0 bridgehead atoms. The van der Waals surface area contributed by atoms with Gasteiger partial charge in [-0.3, -0.25) is 4.79 Å². The average Bonchev–Trinajstić information content (AvgIpc) is 3.21. The number of rotatable bonds is 7. The molecular weight excluding hydrogens is 356 g/mol. The van der Waals surface area contributed by atoms with E-state index in [2.05, 4.69) is 27.1 Å². The van der Waals surface area contributed by atoms with E-state index >= 15 is 0 Å². The fourth-order valence-electron chi connectivity index (χ4n) is 2.06. The Morgan fingerprint density at radius 2 is 2.16 bits per heavy atom. The lowest BCUT2D eigenvalue weighted by Gasteiger charge is -1.98. The number of thioether (sulfide) groups is 1. The molecule has 3 aromatic rings. The van der Waals surface area contributed by atoms with E-state index < -0.39 is 0 Å². The van der Waals surface area contributed by atoms with Gasteiger partial charge < -0.3 is 9.73 Å². The van der Waals surface area contributed by atoms with Crippen LogP contribution < -0.4 is 5.32 Å². The Balaban J connectivity index is 1.64. The second-order valence-corrected chi connectivity index (χ2v) is 7.33. The fourth-order valence-corrected chi connectivity index (χ4v) is 3.59. The molecule has 0 unspecified atom stereocenters. The van der Waals surface area contributed by atoms with Crippen molar-refractivity contribution in [2.75, 3.05) is 11.1 Å². The topological polar surface area (TPSA) is 80.9 Å². The molecular formula is C17H16N4O2S2. The van der Waals surface area contributed by atoms with Crippen LogP contribution in [0.15, 0.2) is 51.7 Å². The van der Waals surface area contributed by atoms with Crippen molar-refractivity contribution >= 4 is 34.1 Å². The number of nitrogens with zero attached hydrogens (tertiary/aromatic N) is 3. The maximum absolute atomic E-state index is 12.2. The van der Waals surface area contributed by atoms with Crippen molar-refractivity contribution in [3.63, 3.8) is 0 Å². The number of benzene rings is 1. The third-order valence-corrected chi connectivity index (χ3v) is 5.19. The normalized spacial score (nSPS) is 10.6. The number of carbonyl (C=O) groups is 1. The zero-order valence-electron chi connectivity index (χ0n) is 13.6. The molecule has 0 radical (unpaired) electrons. The maximum atomic E-state index is 12.2. The number of aryl methyl sites for hydroxylation is 1. The quantitative estimate of drug-likeness (QED) is 0.384. The van der Waals surface area contributed by atoms with Crippen LogP contribution in [0.25, 0.3) is 11.5 Å². The molecule has 128 valence electrons. The highest BCUT2D eigenvalue weighted by molar-refractivity contribution is 8.01. The molecule has 1 N–H and O–H groups in total. The molecule has 2 aromatic heterocycles. The van der Waals surface area contributed by atoms with Crippen molar-refractivity contribution < 1.29 is 9.21 Å². The van der Waals surface area contributed by atoms with Crippen LogP contribution in [-0.4, -0.2) is 26.8 Å². The van der Waals surface area contributed by atoms with Gasteiger partial charge in [-0.25, -0.2) is 4.98 Å². The summed E-state index contributed by atoms with van der Waals surface area (Å²) in [6.07, 6.45) is 1.92. The number of nitrogens with one attached hydrogen (secondary N) is 1. The molecule has 3 rings (SSSR count). The van der Waals surface area contributed by atoms with E-state index in [1.165, 1.54) is 23.1 Å². The predicted molar refractivity (Wildman–Crippen MR) is 99.8 cm³/mol. The van der Waals surface area contributed by atoms with Crippen molar-refractivity contribution in [2.45, 2.75) is 17.7 Å². The highest BCUT2D eigenvalue weighted by Crippen LogP contribution is 2.26. The van der Waals surface area contributed by atoms with Crippen molar-refractivity contribution in [1.29, 1.82) is 0 Å². The summed E-state index contributed by atoms with van der Waals surface area (Å²) in [5, 5.41) is 11.2. The van der Waals surface area contributed by atoms with E-state index in [0.717, 1.165) is 15.7 Å². The van der Waals surface area contributed by atoms with Crippen LogP contribution in [-0.2, 0) is 11.2 Å². The standard InChI is InChI=1S/C17H16N4O2S2/c1-3-9-24-17-21-20-16(25-17)19-14(22)10-13-11(2)23-15(18-13)12-7-5-4-6-8-12/h3-8H,1,9-10H2,2H3,(H,19,20,22). The Kier molecular flexibility index (Phi) is 5.62. The highest BCUT2D eigenvalue weighted by Gasteiger charge is 2.16. The molecule has 0 fully saturated rings. The minimum absolute atomic E-state index is 0.122. The highest BCUT2D eigenvalue weighted by atomic mass is 32.2. The second-order valence-electron chi connectivity index (χ2n) is 5.09. The summed E-state index contributed by atoms with van der Waals surface area (Å²) < 4.78 is 6.46. The molecule has 0 aliphatic carbocycles. The molecule has 0 saturated carbocycles. The van der Waals surface area contributed by atoms with Crippen molar-refractivity contribution in [3.8, 4) is 11.5 Å². The molecule has 1 amide bonds. The first kappa shape index (κ1) is 17.4. The number of hydrogen-bond acceptors (Lipinski definition) is 7. The number of hydrogen-bond donors (Lipinski definition) is 1. The lowest BCUT2D eigenvalue weighted by molar-refractivity contribution is -0.115. The van der Waals surface area contributed by atoms with E-state index in [-0.39, 0.29) is 12.3 Å². The maximum Gasteiger partial charge on any atom is 0.232 e. The molecule has 0 aliphatic rings.